The van der Waals surface area contributed by atoms with Crippen molar-refractivity contribution in [2.24, 2.45) is 0 Å². The van der Waals surface area contributed by atoms with E-state index in [1.807, 2.05) is 6.92 Å². The molecule has 0 radical (unpaired) electrons. The van der Waals surface area contributed by atoms with E-state index in [2.05, 4.69) is 5.32 Å². The van der Waals surface area contributed by atoms with Crippen molar-refractivity contribution in [1.29, 1.82) is 0 Å². The Labute approximate surface area is 253 Å². The molecule has 2 amide bonds. The number of amides is 2. The minimum Gasteiger partial charge on any atom is -0.354 e. The topological polar surface area (TPSA) is 86.8 Å². The Balaban J connectivity index is 2.12. The van der Waals surface area contributed by atoms with E-state index >= 15 is 0 Å². The molecular formula is C29H30Cl2F3N3O4S. The van der Waals surface area contributed by atoms with Crippen molar-refractivity contribution in [2.75, 3.05) is 17.4 Å². The molecule has 7 nitrogen and oxygen atoms in total. The summed E-state index contributed by atoms with van der Waals surface area (Å²) in [6.07, 6.45) is -4.25. The monoisotopic (exact) mass is 643 g/mol. The number of anilines is 1. The molecule has 0 bridgehead atoms. The van der Waals surface area contributed by atoms with Gasteiger partial charge in [0, 0.05) is 18.1 Å². The fourth-order valence-corrected chi connectivity index (χ4v) is 5.87. The smallest absolute Gasteiger partial charge is 0.354 e. The van der Waals surface area contributed by atoms with Gasteiger partial charge in [-0.25, -0.2) is 8.42 Å². The summed E-state index contributed by atoms with van der Waals surface area (Å²) < 4.78 is 69.5. The summed E-state index contributed by atoms with van der Waals surface area (Å²) in [5, 5.41) is 2.39. The summed E-state index contributed by atoms with van der Waals surface area (Å²) >= 11 is 12.1. The maximum atomic E-state index is 13.9. The van der Waals surface area contributed by atoms with Gasteiger partial charge in [-0.15, -0.1) is 0 Å². The molecule has 0 aliphatic carbocycles. The first-order valence-corrected chi connectivity index (χ1v) is 15.1. The Morgan fingerprint density at radius 1 is 0.976 bits per heavy atom. The lowest BCUT2D eigenvalue weighted by atomic mass is 10.1. The van der Waals surface area contributed by atoms with Crippen LogP contribution in [-0.2, 0) is 32.3 Å². The van der Waals surface area contributed by atoms with Gasteiger partial charge in [-0.1, -0.05) is 66.0 Å². The van der Waals surface area contributed by atoms with Crippen molar-refractivity contribution in [1.82, 2.24) is 10.2 Å². The van der Waals surface area contributed by atoms with Gasteiger partial charge in [-0.3, -0.25) is 13.9 Å². The first-order chi connectivity index (χ1) is 19.7. The quantitative estimate of drug-likeness (QED) is 0.260. The van der Waals surface area contributed by atoms with Crippen molar-refractivity contribution in [2.45, 2.75) is 50.9 Å². The van der Waals surface area contributed by atoms with Gasteiger partial charge in [-0.2, -0.15) is 13.2 Å². The molecule has 0 saturated heterocycles. The molecule has 0 heterocycles. The number of hydrogen-bond acceptors (Lipinski definition) is 4. The van der Waals surface area contributed by atoms with Crippen LogP contribution in [-0.4, -0.2) is 44.3 Å². The van der Waals surface area contributed by atoms with Gasteiger partial charge in [0.1, 0.15) is 12.6 Å². The highest BCUT2D eigenvalue weighted by molar-refractivity contribution is 7.92. The van der Waals surface area contributed by atoms with Gasteiger partial charge in [0.2, 0.25) is 11.8 Å². The number of carbonyl (C=O) groups excluding carboxylic acids is 2. The molecule has 3 rings (SSSR count). The van der Waals surface area contributed by atoms with E-state index in [9.17, 15) is 31.2 Å². The number of rotatable bonds is 11. The first-order valence-electron chi connectivity index (χ1n) is 12.9. The number of aryl methyl sites for hydroxylation is 1. The zero-order valence-corrected chi connectivity index (χ0v) is 25.4. The molecule has 0 unspecified atom stereocenters. The molecule has 0 spiro atoms. The molecule has 0 saturated carbocycles. The second kappa shape index (κ2) is 13.8. The van der Waals surface area contributed by atoms with Crippen LogP contribution in [0.5, 0.6) is 0 Å². The highest BCUT2D eigenvalue weighted by Crippen LogP contribution is 2.38. The summed E-state index contributed by atoms with van der Waals surface area (Å²) in [6, 6.07) is 13.8. The van der Waals surface area contributed by atoms with Crippen LogP contribution < -0.4 is 9.62 Å². The zero-order chi connectivity index (χ0) is 31.2. The van der Waals surface area contributed by atoms with Gasteiger partial charge >= 0.3 is 6.18 Å². The molecule has 0 aliphatic rings. The number of halogens is 5. The molecule has 3 aromatic carbocycles. The average molecular weight is 645 g/mol. The Bertz CT molecular complexity index is 1530. The minimum atomic E-state index is -4.89. The van der Waals surface area contributed by atoms with E-state index in [1.165, 1.54) is 31.2 Å². The number of hydrogen-bond donors (Lipinski definition) is 1. The van der Waals surface area contributed by atoms with Gasteiger partial charge in [0.15, 0.2) is 0 Å². The summed E-state index contributed by atoms with van der Waals surface area (Å²) in [7, 11) is -4.57. The van der Waals surface area contributed by atoms with Crippen molar-refractivity contribution in [3.8, 4) is 0 Å². The van der Waals surface area contributed by atoms with E-state index in [0.29, 0.717) is 33.9 Å². The molecular weight excluding hydrogens is 614 g/mol. The van der Waals surface area contributed by atoms with E-state index < -0.39 is 56.9 Å². The Morgan fingerprint density at radius 3 is 2.21 bits per heavy atom. The van der Waals surface area contributed by atoms with Crippen LogP contribution in [0.1, 0.15) is 37.0 Å². The van der Waals surface area contributed by atoms with Gasteiger partial charge in [0.25, 0.3) is 10.0 Å². The molecule has 0 aromatic heterocycles. The molecule has 0 fully saturated rings. The third kappa shape index (κ3) is 7.96. The SMILES string of the molecule is CCCNC(=O)[C@H](C)N(Cc1ccccc1Cl)C(=O)CN(c1ccc(Cl)c(C(F)(F)F)c1)S(=O)(=O)c1ccc(C)cc1. The second-order valence-corrected chi connectivity index (χ2v) is 12.2. The number of alkyl halides is 3. The van der Waals surface area contributed by atoms with Crippen LogP contribution in [0.3, 0.4) is 0 Å². The van der Waals surface area contributed by atoms with Crippen molar-refractivity contribution >= 4 is 50.7 Å². The number of carbonyl (C=O) groups is 2. The van der Waals surface area contributed by atoms with E-state index in [0.717, 1.165) is 22.6 Å². The van der Waals surface area contributed by atoms with Crippen LogP contribution in [0, 0.1) is 6.92 Å². The van der Waals surface area contributed by atoms with E-state index in [1.54, 1.807) is 31.2 Å². The third-order valence-electron chi connectivity index (χ3n) is 6.45. The van der Waals surface area contributed by atoms with Crippen LogP contribution >= 0.6 is 23.2 Å². The Kier molecular flexibility index (Phi) is 10.9. The maximum Gasteiger partial charge on any atom is 0.417 e. The summed E-state index contributed by atoms with van der Waals surface area (Å²) in [5.74, 6) is -1.33. The number of benzene rings is 3. The molecule has 13 heteroatoms. The van der Waals surface area contributed by atoms with Crippen LogP contribution in [0.4, 0.5) is 18.9 Å². The average Bonchev–Trinajstić information content (AvgIpc) is 2.93. The number of nitrogens with one attached hydrogen (secondary N) is 1. The van der Waals surface area contributed by atoms with E-state index in [4.69, 9.17) is 23.2 Å². The molecule has 42 heavy (non-hydrogen) atoms. The molecule has 1 N–H and O–H groups in total. The lowest BCUT2D eigenvalue weighted by Gasteiger charge is -2.32. The summed E-state index contributed by atoms with van der Waals surface area (Å²) in [6.45, 7) is 4.34. The van der Waals surface area contributed by atoms with Crippen molar-refractivity contribution in [3.63, 3.8) is 0 Å². The zero-order valence-electron chi connectivity index (χ0n) is 23.1. The molecule has 0 aliphatic heterocycles. The number of nitrogens with zero attached hydrogens (tertiary/aromatic N) is 2. The lowest BCUT2D eigenvalue weighted by molar-refractivity contribution is -0.139. The molecule has 3 aromatic rings. The largest absolute Gasteiger partial charge is 0.417 e. The van der Waals surface area contributed by atoms with Gasteiger partial charge < -0.3 is 10.2 Å². The van der Waals surface area contributed by atoms with E-state index in [-0.39, 0.29) is 11.4 Å². The van der Waals surface area contributed by atoms with Gasteiger partial charge in [-0.05, 0) is 62.2 Å². The lowest BCUT2D eigenvalue weighted by Crippen LogP contribution is -2.51. The number of sulfonamides is 1. The van der Waals surface area contributed by atoms with Crippen molar-refractivity contribution < 1.29 is 31.2 Å². The maximum absolute atomic E-state index is 13.9. The van der Waals surface area contributed by atoms with Gasteiger partial charge in [0.05, 0.1) is 21.2 Å². The predicted octanol–water partition coefficient (Wildman–Crippen LogP) is 6.46. The minimum absolute atomic E-state index is 0.161. The van der Waals surface area contributed by atoms with Crippen LogP contribution in [0.2, 0.25) is 10.0 Å². The van der Waals surface area contributed by atoms with Crippen LogP contribution in [0.25, 0.3) is 0 Å². The summed E-state index contributed by atoms with van der Waals surface area (Å²) in [5.41, 5.74) is -0.457. The third-order valence-corrected chi connectivity index (χ3v) is 8.93. The fraction of sp³-hybridized carbons (Fsp3) is 0.310. The second-order valence-electron chi connectivity index (χ2n) is 9.57. The highest BCUT2D eigenvalue weighted by Gasteiger charge is 2.37. The first kappa shape index (κ1) is 33.2. The Hall–Kier alpha value is -3.28. The molecule has 1 atom stereocenters. The normalized spacial score (nSPS) is 12.5. The predicted molar refractivity (Wildman–Crippen MR) is 157 cm³/mol. The summed E-state index contributed by atoms with van der Waals surface area (Å²) in [4.78, 5) is 27.7. The Morgan fingerprint density at radius 2 is 1.62 bits per heavy atom. The fourth-order valence-electron chi connectivity index (χ4n) is 4.04. The highest BCUT2D eigenvalue weighted by atomic mass is 35.5. The van der Waals surface area contributed by atoms with Crippen LogP contribution in [0.15, 0.2) is 71.6 Å². The molecule has 226 valence electrons. The standard InChI is InChI=1S/C29H30Cl2F3N3O4S/c1-4-15-35-28(39)20(3)36(17-21-7-5-6-8-25(21)30)27(38)18-37(42(40,41)23-12-9-19(2)10-13-23)22-11-14-26(31)24(16-22)29(32,33)34/h5-14,16,20H,4,15,17-18H2,1-3H3,(H,35,39)/t20-/m0/s1. The van der Waals surface area contributed by atoms with Crippen molar-refractivity contribution in [3.05, 3.63) is 93.5 Å².